The number of halogens is 1. The lowest BCUT2D eigenvalue weighted by molar-refractivity contribution is -0.144. The third-order valence-electron chi connectivity index (χ3n) is 3.69. The third kappa shape index (κ3) is 2.57. The van der Waals surface area contributed by atoms with Gasteiger partial charge in [0.1, 0.15) is 5.76 Å². The predicted molar refractivity (Wildman–Crippen MR) is 67.9 cm³/mol. The molecule has 1 saturated carbocycles. The van der Waals surface area contributed by atoms with Crippen LogP contribution >= 0.6 is 15.9 Å². The second-order valence-corrected chi connectivity index (χ2v) is 6.45. The van der Waals surface area contributed by atoms with E-state index in [2.05, 4.69) is 29.8 Å². The number of rotatable bonds is 2. The van der Waals surface area contributed by atoms with Gasteiger partial charge in [0, 0.05) is 5.92 Å². The van der Waals surface area contributed by atoms with E-state index >= 15 is 0 Å². The molecule has 0 saturated heterocycles. The minimum absolute atomic E-state index is 0.0272. The molecule has 0 bridgehead atoms. The summed E-state index contributed by atoms with van der Waals surface area (Å²) in [6, 6.07) is 1.83. The number of hydrogen-bond donors (Lipinski definition) is 1. The minimum Gasteiger partial charge on any atom is -0.481 e. The van der Waals surface area contributed by atoms with Crippen molar-refractivity contribution in [1.82, 2.24) is 0 Å². The van der Waals surface area contributed by atoms with Gasteiger partial charge in [0.15, 0.2) is 0 Å². The number of furan rings is 1. The van der Waals surface area contributed by atoms with Gasteiger partial charge in [-0.1, -0.05) is 13.8 Å². The molecule has 1 N–H and O–H groups in total. The maximum atomic E-state index is 11.3. The van der Waals surface area contributed by atoms with E-state index in [1.807, 2.05) is 6.07 Å². The Hall–Kier alpha value is -0.770. The van der Waals surface area contributed by atoms with Gasteiger partial charge in [0.2, 0.25) is 0 Å². The minimum atomic E-state index is -0.714. The molecule has 0 aromatic carbocycles. The van der Waals surface area contributed by atoms with Gasteiger partial charge in [0.25, 0.3) is 0 Å². The Morgan fingerprint density at radius 1 is 1.59 bits per heavy atom. The first-order valence-corrected chi connectivity index (χ1v) is 6.66. The summed E-state index contributed by atoms with van der Waals surface area (Å²) in [6.45, 7) is 4.38. The Morgan fingerprint density at radius 3 is 2.82 bits per heavy atom. The van der Waals surface area contributed by atoms with E-state index in [0.29, 0.717) is 0 Å². The van der Waals surface area contributed by atoms with Crippen molar-refractivity contribution in [3.05, 3.63) is 22.6 Å². The average molecular weight is 301 g/mol. The lowest BCUT2D eigenvalue weighted by atomic mass is 9.66. The van der Waals surface area contributed by atoms with E-state index < -0.39 is 5.97 Å². The summed E-state index contributed by atoms with van der Waals surface area (Å²) in [5.74, 6) is -0.287. The van der Waals surface area contributed by atoms with E-state index in [9.17, 15) is 9.90 Å². The molecule has 1 aliphatic carbocycles. The van der Waals surface area contributed by atoms with Gasteiger partial charge in [-0.2, -0.15) is 0 Å². The standard InChI is InChI=1S/C13H17BrO3/c1-13(2)5-3-8(12(15)16)9(7-13)11-10(14)4-6-17-11/h4,6,8-9H,3,5,7H2,1-2H3,(H,15,16). The fourth-order valence-corrected chi connectivity index (χ4v) is 3.22. The number of carboxylic acid groups (broad SMARTS) is 1. The van der Waals surface area contributed by atoms with Crippen LogP contribution in [0.3, 0.4) is 0 Å². The molecule has 1 fully saturated rings. The van der Waals surface area contributed by atoms with Crippen LogP contribution in [0.2, 0.25) is 0 Å². The van der Waals surface area contributed by atoms with Crippen LogP contribution in [-0.4, -0.2) is 11.1 Å². The summed E-state index contributed by atoms with van der Waals surface area (Å²) < 4.78 is 6.35. The van der Waals surface area contributed by atoms with Crippen LogP contribution in [0.25, 0.3) is 0 Å². The molecule has 2 rings (SSSR count). The van der Waals surface area contributed by atoms with Crippen molar-refractivity contribution in [2.24, 2.45) is 11.3 Å². The Balaban J connectivity index is 2.32. The molecule has 94 valence electrons. The monoisotopic (exact) mass is 300 g/mol. The van der Waals surface area contributed by atoms with Gasteiger partial charge in [-0.25, -0.2) is 0 Å². The molecule has 17 heavy (non-hydrogen) atoms. The van der Waals surface area contributed by atoms with Crippen LogP contribution in [0.5, 0.6) is 0 Å². The maximum absolute atomic E-state index is 11.3. The van der Waals surface area contributed by atoms with E-state index in [-0.39, 0.29) is 17.3 Å². The second-order valence-electron chi connectivity index (χ2n) is 5.59. The summed E-state index contributed by atoms with van der Waals surface area (Å²) in [7, 11) is 0. The zero-order valence-electron chi connectivity index (χ0n) is 10.1. The average Bonchev–Trinajstić information content (AvgIpc) is 2.62. The molecule has 2 atom stereocenters. The molecule has 1 aromatic heterocycles. The third-order valence-corrected chi connectivity index (χ3v) is 4.34. The zero-order valence-corrected chi connectivity index (χ0v) is 11.7. The van der Waals surface area contributed by atoms with Crippen LogP contribution in [0.4, 0.5) is 0 Å². The second kappa shape index (κ2) is 4.48. The van der Waals surface area contributed by atoms with Crippen LogP contribution in [0, 0.1) is 11.3 Å². The van der Waals surface area contributed by atoms with Gasteiger partial charge in [-0.3, -0.25) is 4.79 Å². The lowest BCUT2D eigenvalue weighted by Gasteiger charge is -2.38. The fraction of sp³-hybridized carbons (Fsp3) is 0.615. The SMILES string of the molecule is CC1(C)CCC(C(=O)O)C(c2occc2Br)C1. The Kier molecular flexibility index (Phi) is 3.34. The van der Waals surface area contributed by atoms with E-state index in [1.54, 1.807) is 6.26 Å². The van der Waals surface area contributed by atoms with Crippen molar-refractivity contribution in [3.8, 4) is 0 Å². The highest BCUT2D eigenvalue weighted by molar-refractivity contribution is 9.10. The Morgan fingerprint density at radius 2 is 2.29 bits per heavy atom. The zero-order chi connectivity index (χ0) is 12.6. The van der Waals surface area contributed by atoms with Crippen molar-refractivity contribution in [2.75, 3.05) is 0 Å². The summed E-state index contributed by atoms with van der Waals surface area (Å²) >= 11 is 3.43. The molecular formula is C13H17BrO3. The van der Waals surface area contributed by atoms with Gasteiger partial charge in [-0.05, 0) is 46.7 Å². The van der Waals surface area contributed by atoms with Crippen molar-refractivity contribution in [3.63, 3.8) is 0 Å². The number of carbonyl (C=O) groups is 1. The molecule has 1 heterocycles. The highest BCUT2D eigenvalue weighted by Crippen LogP contribution is 2.48. The molecule has 1 aromatic rings. The van der Waals surface area contributed by atoms with Gasteiger partial charge >= 0.3 is 5.97 Å². The first-order valence-electron chi connectivity index (χ1n) is 5.86. The van der Waals surface area contributed by atoms with Crippen LogP contribution < -0.4 is 0 Å². The van der Waals surface area contributed by atoms with Crippen LogP contribution in [0.15, 0.2) is 21.2 Å². The normalized spacial score (nSPS) is 27.9. The molecule has 4 heteroatoms. The van der Waals surface area contributed by atoms with E-state index in [0.717, 1.165) is 29.5 Å². The van der Waals surface area contributed by atoms with Crippen molar-refractivity contribution >= 4 is 21.9 Å². The first-order chi connectivity index (χ1) is 7.91. The molecule has 0 radical (unpaired) electrons. The van der Waals surface area contributed by atoms with Crippen LogP contribution in [-0.2, 0) is 4.79 Å². The number of carboxylic acids is 1. The summed E-state index contributed by atoms with van der Waals surface area (Å²) in [5, 5.41) is 9.31. The van der Waals surface area contributed by atoms with Gasteiger partial charge in [-0.15, -0.1) is 0 Å². The molecule has 0 aliphatic heterocycles. The lowest BCUT2D eigenvalue weighted by Crippen LogP contribution is -2.32. The van der Waals surface area contributed by atoms with Crippen LogP contribution in [0.1, 0.15) is 44.8 Å². The van der Waals surface area contributed by atoms with Crippen molar-refractivity contribution < 1.29 is 14.3 Å². The summed E-state index contributed by atoms with van der Waals surface area (Å²) in [6.07, 6.45) is 4.15. The number of aliphatic carboxylic acids is 1. The first kappa shape index (κ1) is 12.7. The topological polar surface area (TPSA) is 50.4 Å². The quantitative estimate of drug-likeness (QED) is 0.897. The molecule has 0 spiro atoms. The highest BCUT2D eigenvalue weighted by atomic mass is 79.9. The molecule has 1 aliphatic rings. The molecular weight excluding hydrogens is 284 g/mol. The predicted octanol–water partition coefficient (Wildman–Crippen LogP) is 4.04. The van der Waals surface area contributed by atoms with E-state index in [1.165, 1.54) is 0 Å². The summed E-state index contributed by atoms with van der Waals surface area (Å²) in [5.41, 5.74) is 0.183. The number of hydrogen-bond acceptors (Lipinski definition) is 2. The Bertz CT molecular complexity index is 422. The highest BCUT2D eigenvalue weighted by Gasteiger charge is 2.41. The van der Waals surface area contributed by atoms with Gasteiger partial charge < -0.3 is 9.52 Å². The van der Waals surface area contributed by atoms with Gasteiger partial charge in [0.05, 0.1) is 16.7 Å². The van der Waals surface area contributed by atoms with Crippen molar-refractivity contribution in [1.29, 1.82) is 0 Å². The molecule has 3 nitrogen and oxygen atoms in total. The maximum Gasteiger partial charge on any atom is 0.307 e. The smallest absolute Gasteiger partial charge is 0.307 e. The largest absolute Gasteiger partial charge is 0.481 e. The molecule has 2 unspecified atom stereocenters. The van der Waals surface area contributed by atoms with Crippen molar-refractivity contribution in [2.45, 2.75) is 39.0 Å². The Labute approximate surface area is 109 Å². The molecule has 0 amide bonds. The summed E-state index contributed by atoms with van der Waals surface area (Å²) in [4.78, 5) is 11.3. The van der Waals surface area contributed by atoms with E-state index in [4.69, 9.17) is 4.42 Å². The fourth-order valence-electron chi connectivity index (χ4n) is 2.73.